The first-order chi connectivity index (χ1) is 22.6. The third-order valence-corrected chi connectivity index (χ3v) is 9.10. The van der Waals surface area contributed by atoms with Crippen LogP contribution in [0.3, 0.4) is 0 Å². The fourth-order valence-corrected chi connectivity index (χ4v) is 6.38. The largest absolute Gasteiger partial charge is 0.447 e. The van der Waals surface area contributed by atoms with Crippen molar-refractivity contribution in [2.75, 3.05) is 26.2 Å². The van der Waals surface area contributed by atoms with Crippen molar-refractivity contribution >= 4 is 35.1 Å². The number of amides is 2. The fourth-order valence-electron chi connectivity index (χ4n) is 6.21. The molecule has 0 bridgehead atoms. The highest BCUT2D eigenvalue weighted by Gasteiger charge is 2.43. The molecule has 1 saturated carbocycles. The van der Waals surface area contributed by atoms with Gasteiger partial charge in [-0.15, -0.1) is 0 Å². The number of nitrogens with zero attached hydrogens (tertiary/aromatic N) is 5. The Bertz CT molecular complexity index is 1580. The summed E-state index contributed by atoms with van der Waals surface area (Å²) in [5.74, 6) is 0. The first-order valence-corrected chi connectivity index (χ1v) is 17.1. The monoisotopic (exact) mass is 662 g/mol. The molecule has 4 aliphatic rings. The Morgan fingerprint density at radius 2 is 1.85 bits per heavy atom. The summed E-state index contributed by atoms with van der Waals surface area (Å²) in [5, 5.41) is 3.77. The summed E-state index contributed by atoms with van der Waals surface area (Å²) < 4.78 is 13.2. The van der Waals surface area contributed by atoms with Gasteiger partial charge in [-0.3, -0.25) is 9.89 Å². The number of benzene rings is 1. The van der Waals surface area contributed by atoms with Crippen molar-refractivity contribution in [3.63, 3.8) is 0 Å². The summed E-state index contributed by atoms with van der Waals surface area (Å²) in [7, 11) is 1.92. The number of allylic oxidation sites excluding steroid dienone is 3. The molecule has 0 spiro atoms. The predicted octanol–water partition coefficient (Wildman–Crippen LogP) is 7.40. The molecule has 6 rings (SSSR count). The van der Waals surface area contributed by atoms with Gasteiger partial charge in [0.1, 0.15) is 5.60 Å². The van der Waals surface area contributed by atoms with Gasteiger partial charge in [-0.25, -0.2) is 14.6 Å². The SMILES string of the molecule is CC.CC(C)OC(=O)N1CCN(C2C3=NC=CCC=C3C/C=C(/C(NC(=O)OC3(C)CC3)c3cncn3C)c3cc(Cl)ccc32)CC1. The summed E-state index contributed by atoms with van der Waals surface area (Å²) in [5.41, 5.74) is 5.37. The van der Waals surface area contributed by atoms with E-state index in [0.717, 1.165) is 52.9 Å². The number of imidazole rings is 1. The van der Waals surface area contributed by atoms with Crippen LogP contribution in [0.1, 0.15) is 89.2 Å². The topological polar surface area (TPSA) is 101 Å². The second-order valence-corrected chi connectivity index (χ2v) is 13.1. The summed E-state index contributed by atoms with van der Waals surface area (Å²) in [4.78, 5) is 39.6. The summed E-state index contributed by atoms with van der Waals surface area (Å²) in [6, 6.07) is 5.21. The third-order valence-electron chi connectivity index (χ3n) is 8.86. The van der Waals surface area contributed by atoms with Crippen molar-refractivity contribution in [2.45, 2.75) is 84.1 Å². The smallest absolute Gasteiger partial charge is 0.410 e. The van der Waals surface area contributed by atoms with Crippen LogP contribution in [0.2, 0.25) is 5.02 Å². The number of halogens is 1. The molecule has 2 amide bonds. The second kappa shape index (κ2) is 14.9. The van der Waals surface area contributed by atoms with E-state index in [1.165, 1.54) is 0 Å². The number of piperazine rings is 1. The van der Waals surface area contributed by atoms with E-state index in [1.54, 1.807) is 17.4 Å². The number of carbonyl (C=O) groups is 2. The average Bonchev–Trinajstić information content (AvgIpc) is 3.68. The first kappa shape index (κ1) is 34.4. The summed E-state index contributed by atoms with van der Waals surface area (Å²) in [6.07, 6.45) is 14.0. The van der Waals surface area contributed by atoms with E-state index in [4.69, 9.17) is 26.1 Å². The van der Waals surface area contributed by atoms with Crippen LogP contribution in [-0.2, 0) is 16.5 Å². The number of rotatable bonds is 6. The molecule has 2 fully saturated rings. The predicted molar refractivity (Wildman–Crippen MR) is 185 cm³/mol. The van der Waals surface area contributed by atoms with Crippen LogP contribution in [0.5, 0.6) is 0 Å². The molecular formula is C36H47ClN6O4. The molecule has 47 heavy (non-hydrogen) atoms. The van der Waals surface area contributed by atoms with E-state index in [0.29, 0.717) is 37.6 Å². The minimum Gasteiger partial charge on any atom is -0.447 e. The number of hydrogen-bond donors (Lipinski definition) is 1. The van der Waals surface area contributed by atoms with Crippen molar-refractivity contribution in [1.29, 1.82) is 0 Å². The molecule has 252 valence electrons. The zero-order chi connectivity index (χ0) is 33.7. The number of aliphatic imine (C=N–C) groups is 1. The highest BCUT2D eigenvalue weighted by atomic mass is 35.5. The van der Waals surface area contributed by atoms with Crippen molar-refractivity contribution in [2.24, 2.45) is 12.0 Å². The summed E-state index contributed by atoms with van der Waals surface area (Å²) >= 11 is 6.71. The maximum atomic E-state index is 13.3. The standard InChI is InChI=1S/C34H41ClN6O4.C2H6/c1-22(2)44-33(43)41-17-15-40(16-18-41)31-26-11-9-24(35)19-27(26)25(10-8-23-7-5-6-14-37-29(23)31)30(28-20-36-21-39(28)4)38-32(42)45-34(3)12-13-34;1-2/h6-7,9-11,14,19-22,30-31H,5,8,12-13,15-18H2,1-4H3,(H,38,42);1-2H3/b25-10+;. The Morgan fingerprint density at radius 1 is 1.11 bits per heavy atom. The zero-order valence-corrected chi connectivity index (χ0v) is 29.1. The molecule has 2 aliphatic heterocycles. The quantitative estimate of drug-likeness (QED) is 0.346. The van der Waals surface area contributed by atoms with Crippen molar-refractivity contribution < 1.29 is 19.1 Å². The third kappa shape index (κ3) is 7.99. The lowest BCUT2D eigenvalue weighted by Crippen LogP contribution is -2.51. The fraction of sp³-hybridized carbons (Fsp3) is 0.500. The van der Waals surface area contributed by atoms with Crippen LogP contribution in [0.4, 0.5) is 9.59 Å². The maximum Gasteiger partial charge on any atom is 0.410 e. The van der Waals surface area contributed by atoms with Gasteiger partial charge in [0, 0.05) is 44.4 Å². The minimum absolute atomic E-state index is 0.173. The Balaban J connectivity index is 0.00000213. The van der Waals surface area contributed by atoms with Crippen LogP contribution in [0.25, 0.3) is 5.57 Å². The Hall–Kier alpha value is -3.89. The minimum atomic E-state index is -0.546. The zero-order valence-electron chi connectivity index (χ0n) is 28.3. The van der Waals surface area contributed by atoms with Gasteiger partial charge in [-0.2, -0.15) is 0 Å². The van der Waals surface area contributed by atoms with E-state index in [1.807, 2.05) is 64.6 Å². The molecule has 1 aromatic heterocycles. The van der Waals surface area contributed by atoms with E-state index in [9.17, 15) is 9.59 Å². The van der Waals surface area contributed by atoms with Crippen LogP contribution in [0, 0.1) is 0 Å². The Kier molecular flexibility index (Phi) is 10.9. The number of aromatic nitrogens is 2. The second-order valence-electron chi connectivity index (χ2n) is 12.7. The van der Waals surface area contributed by atoms with Gasteiger partial charge in [-0.1, -0.05) is 49.7 Å². The number of aryl methyl sites for hydroxylation is 1. The number of hydrogen-bond acceptors (Lipinski definition) is 7. The van der Waals surface area contributed by atoms with Crippen molar-refractivity contribution in [3.05, 3.63) is 82.6 Å². The molecule has 2 aliphatic carbocycles. The Morgan fingerprint density at radius 3 is 2.51 bits per heavy atom. The molecule has 2 atom stereocenters. The molecule has 1 aromatic carbocycles. The van der Waals surface area contributed by atoms with Gasteiger partial charge in [0.15, 0.2) is 0 Å². The van der Waals surface area contributed by atoms with Gasteiger partial charge < -0.3 is 24.3 Å². The number of carbonyl (C=O) groups excluding carboxylic acids is 2. The van der Waals surface area contributed by atoms with E-state index >= 15 is 0 Å². The van der Waals surface area contributed by atoms with Gasteiger partial charge in [0.05, 0.1) is 42.1 Å². The van der Waals surface area contributed by atoms with Crippen molar-refractivity contribution in [3.8, 4) is 0 Å². The molecule has 1 saturated heterocycles. The van der Waals surface area contributed by atoms with E-state index in [-0.39, 0.29) is 18.2 Å². The number of nitrogens with one attached hydrogen (secondary N) is 1. The van der Waals surface area contributed by atoms with Crippen molar-refractivity contribution in [1.82, 2.24) is 24.7 Å². The maximum absolute atomic E-state index is 13.3. The molecule has 0 radical (unpaired) electrons. The van der Waals surface area contributed by atoms with Gasteiger partial charge >= 0.3 is 12.2 Å². The van der Waals surface area contributed by atoms with Gasteiger partial charge in [-0.05, 0) is 80.9 Å². The molecule has 10 nitrogen and oxygen atoms in total. The number of fused-ring (bicyclic) bond motifs is 2. The molecule has 11 heteroatoms. The molecule has 1 N–H and O–H groups in total. The Labute approximate surface area is 283 Å². The van der Waals surface area contributed by atoms with Crippen LogP contribution < -0.4 is 5.32 Å². The first-order valence-electron chi connectivity index (χ1n) is 16.7. The number of ether oxygens (including phenoxy) is 2. The van der Waals surface area contributed by atoms with Gasteiger partial charge in [0.2, 0.25) is 0 Å². The van der Waals surface area contributed by atoms with Crippen LogP contribution in [-0.4, -0.2) is 75.1 Å². The summed E-state index contributed by atoms with van der Waals surface area (Å²) in [6.45, 7) is 12.0. The lowest BCUT2D eigenvalue weighted by Gasteiger charge is -2.41. The highest BCUT2D eigenvalue weighted by Crippen LogP contribution is 2.43. The lowest BCUT2D eigenvalue weighted by molar-refractivity contribution is 0.0537. The van der Waals surface area contributed by atoms with E-state index in [2.05, 4.69) is 39.5 Å². The highest BCUT2D eigenvalue weighted by molar-refractivity contribution is 6.30. The van der Waals surface area contributed by atoms with Gasteiger partial charge in [0.25, 0.3) is 0 Å². The molecular weight excluding hydrogens is 616 g/mol. The normalized spacial score (nSPS) is 21.9. The average molecular weight is 663 g/mol. The molecule has 2 unspecified atom stereocenters. The van der Waals surface area contributed by atoms with Crippen LogP contribution >= 0.6 is 11.6 Å². The molecule has 3 heterocycles. The number of alkyl carbamates (subject to hydrolysis) is 1. The molecule has 2 aromatic rings. The van der Waals surface area contributed by atoms with Crippen LogP contribution in [0.15, 0.2) is 65.7 Å². The van der Waals surface area contributed by atoms with E-state index < -0.39 is 17.7 Å². The lowest BCUT2D eigenvalue weighted by atomic mass is 9.81.